The molecule has 0 spiro atoms. The van der Waals surface area contributed by atoms with Gasteiger partial charge in [0.25, 0.3) is 0 Å². The number of hydrogen-bond donors (Lipinski definition) is 4. The number of nitrogens with two attached hydrogens (primary N) is 2. The summed E-state index contributed by atoms with van der Waals surface area (Å²) < 4.78 is 7.69. The van der Waals surface area contributed by atoms with Crippen LogP contribution in [-0.2, 0) is 11.2 Å². The van der Waals surface area contributed by atoms with Crippen LogP contribution in [0.15, 0.2) is 79.1 Å². The number of amidine groups is 1. The summed E-state index contributed by atoms with van der Waals surface area (Å²) in [6.07, 6.45) is 3.85. The Bertz CT molecular complexity index is 1310. The second-order valence-corrected chi connectivity index (χ2v) is 8.11. The third-order valence-corrected chi connectivity index (χ3v) is 5.63. The zero-order chi connectivity index (χ0) is 23.5. The number of nitrogens with zero attached hydrogens (tertiary/aromatic N) is 1. The van der Waals surface area contributed by atoms with E-state index in [9.17, 15) is 9.90 Å². The lowest BCUT2D eigenvalue weighted by atomic mass is 9.91. The summed E-state index contributed by atoms with van der Waals surface area (Å²) in [5, 5.41) is 19.5. The maximum Gasteiger partial charge on any atom is 0.311 e. The molecular weight excluding hydrogens is 416 g/mol. The molecule has 33 heavy (non-hydrogen) atoms. The van der Waals surface area contributed by atoms with Crippen LogP contribution in [0.2, 0.25) is 0 Å². The number of carboxylic acid groups (broad SMARTS) is 1. The van der Waals surface area contributed by atoms with E-state index >= 15 is 0 Å². The molecule has 7 heteroatoms. The molecule has 0 saturated heterocycles. The Morgan fingerprint density at radius 3 is 2.39 bits per heavy atom. The fourth-order valence-corrected chi connectivity index (χ4v) is 3.78. The minimum absolute atomic E-state index is 0.00197. The molecule has 0 aliphatic heterocycles. The van der Waals surface area contributed by atoms with Crippen LogP contribution in [0.4, 0.5) is 0 Å². The number of nitrogens with one attached hydrogen (secondary N) is 1. The minimum atomic E-state index is -0.893. The van der Waals surface area contributed by atoms with Crippen LogP contribution in [0.25, 0.3) is 10.8 Å². The maximum absolute atomic E-state index is 12.1. The first-order chi connectivity index (χ1) is 15.8. The molecule has 1 heterocycles. The number of nitrogen functional groups attached to an aromatic ring is 1. The molecule has 7 nitrogen and oxygen atoms in total. The highest BCUT2D eigenvalue weighted by molar-refractivity contribution is 5.99. The Hall–Kier alpha value is -4.10. The Kier molecular flexibility index (Phi) is 6.15. The van der Waals surface area contributed by atoms with Gasteiger partial charge >= 0.3 is 5.97 Å². The predicted molar refractivity (Wildman–Crippen MR) is 129 cm³/mol. The summed E-state index contributed by atoms with van der Waals surface area (Å²) >= 11 is 0. The molecule has 0 amide bonds. The van der Waals surface area contributed by atoms with Crippen molar-refractivity contribution in [2.24, 2.45) is 11.5 Å². The highest BCUT2D eigenvalue weighted by Gasteiger charge is 2.21. The quantitative estimate of drug-likeness (QED) is 0.234. The van der Waals surface area contributed by atoms with Gasteiger partial charge in [0.2, 0.25) is 0 Å². The number of hydrogen-bond acceptors (Lipinski definition) is 4. The summed E-state index contributed by atoms with van der Waals surface area (Å²) in [5.74, 6) is -0.312. The van der Waals surface area contributed by atoms with Crippen molar-refractivity contribution in [1.82, 2.24) is 4.57 Å². The van der Waals surface area contributed by atoms with Gasteiger partial charge in [-0.3, -0.25) is 10.2 Å². The number of carbonyl (C=O) groups is 1. The van der Waals surface area contributed by atoms with E-state index in [2.05, 4.69) is 0 Å². The number of aromatic nitrogens is 1. The van der Waals surface area contributed by atoms with Gasteiger partial charge in [-0.2, -0.15) is 0 Å². The normalized spacial score (nSPS) is 12.9. The van der Waals surface area contributed by atoms with E-state index in [4.69, 9.17) is 21.6 Å². The van der Waals surface area contributed by atoms with Gasteiger partial charge in [0.05, 0.1) is 12.1 Å². The molecule has 4 aromatic rings. The summed E-state index contributed by atoms with van der Waals surface area (Å²) in [6, 6.07) is 20.4. The average Bonchev–Trinajstić information content (AvgIpc) is 3.26. The van der Waals surface area contributed by atoms with Gasteiger partial charge in [-0.05, 0) is 59.5 Å². The molecule has 2 atom stereocenters. The van der Waals surface area contributed by atoms with Gasteiger partial charge < -0.3 is 25.9 Å². The second kappa shape index (κ2) is 9.18. The summed E-state index contributed by atoms with van der Waals surface area (Å²) in [6.45, 7) is 1.88. The van der Waals surface area contributed by atoms with E-state index in [1.54, 1.807) is 30.3 Å². The number of carboxylic acids is 1. The lowest BCUT2D eigenvalue weighted by Gasteiger charge is -2.14. The van der Waals surface area contributed by atoms with E-state index in [1.165, 1.54) is 0 Å². The highest BCUT2D eigenvalue weighted by Crippen LogP contribution is 2.28. The third kappa shape index (κ3) is 5.05. The van der Waals surface area contributed by atoms with Crippen molar-refractivity contribution >= 4 is 22.6 Å². The topological polar surface area (TPSA) is 127 Å². The predicted octanol–water partition coefficient (Wildman–Crippen LogP) is 4.61. The zero-order valence-electron chi connectivity index (χ0n) is 18.2. The fraction of sp³-hybridized carbons (Fsp3) is 0.154. The average molecular weight is 443 g/mol. The van der Waals surface area contributed by atoms with Gasteiger partial charge in [-0.25, -0.2) is 0 Å². The van der Waals surface area contributed by atoms with E-state index < -0.39 is 11.9 Å². The maximum atomic E-state index is 12.1. The molecule has 6 N–H and O–H groups in total. The molecule has 0 saturated carbocycles. The number of ether oxygens (including phenoxy) is 1. The number of rotatable bonds is 8. The number of fused-ring (bicyclic) bond motifs is 1. The minimum Gasteiger partial charge on any atom is -0.481 e. The van der Waals surface area contributed by atoms with E-state index in [0.29, 0.717) is 29.0 Å². The highest BCUT2D eigenvalue weighted by atomic mass is 16.5. The van der Waals surface area contributed by atoms with Crippen molar-refractivity contribution in [3.05, 3.63) is 95.8 Å². The van der Waals surface area contributed by atoms with Crippen LogP contribution < -0.4 is 16.2 Å². The van der Waals surface area contributed by atoms with E-state index in [0.717, 1.165) is 16.3 Å². The second-order valence-electron chi connectivity index (χ2n) is 8.11. The molecule has 3 aromatic carbocycles. The molecule has 0 fully saturated rings. The van der Waals surface area contributed by atoms with Gasteiger partial charge in [-0.15, -0.1) is 0 Å². The van der Waals surface area contributed by atoms with Gasteiger partial charge in [0.1, 0.15) is 17.3 Å². The third-order valence-electron chi connectivity index (χ3n) is 5.63. The summed E-state index contributed by atoms with van der Waals surface area (Å²) in [4.78, 5) is 12.1. The molecule has 0 aliphatic carbocycles. The molecule has 1 unspecified atom stereocenters. The lowest BCUT2D eigenvalue weighted by Crippen LogP contribution is -2.14. The number of benzene rings is 3. The van der Waals surface area contributed by atoms with Crippen LogP contribution >= 0.6 is 0 Å². The zero-order valence-corrected chi connectivity index (χ0v) is 18.2. The van der Waals surface area contributed by atoms with Crippen molar-refractivity contribution in [1.29, 1.82) is 5.41 Å². The standard InChI is InChI=1S/C26H26N4O3/c1-16(27)30-11-10-23(15-30)33-22-8-6-19(7-9-22)24(26(31)32)13-17-2-3-18-4-5-20(25(28)29)14-21(18)12-17/h2-12,14-16,24H,13,27H2,1H3,(H3,28,29)(H,31,32)/t16?,24-/m0/s1. The van der Waals surface area contributed by atoms with Crippen LogP contribution in [-0.4, -0.2) is 21.5 Å². The molecule has 0 bridgehead atoms. The monoisotopic (exact) mass is 442 g/mol. The number of aliphatic carboxylic acids is 1. The van der Waals surface area contributed by atoms with Crippen molar-refractivity contribution in [2.45, 2.75) is 25.4 Å². The van der Waals surface area contributed by atoms with Crippen LogP contribution in [0, 0.1) is 5.41 Å². The fourth-order valence-electron chi connectivity index (χ4n) is 3.78. The van der Waals surface area contributed by atoms with Crippen molar-refractivity contribution < 1.29 is 14.6 Å². The molecule has 0 aliphatic rings. The van der Waals surface area contributed by atoms with Crippen molar-refractivity contribution in [2.75, 3.05) is 0 Å². The van der Waals surface area contributed by atoms with Crippen molar-refractivity contribution in [3.8, 4) is 11.5 Å². The van der Waals surface area contributed by atoms with Gasteiger partial charge in [-0.1, -0.05) is 42.5 Å². The van der Waals surface area contributed by atoms with Gasteiger partial charge in [0, 0.05) is 18.0 Å². The largest absolute Gasteiger partial charge is 0.481 e. The first-order valence-electron chi connectivity index (χ1n) is 10.6. The van der Waals surface area contributed by atoms with Gasteiger partial charge in [0.15, 0.2) is 0 Å². The van der Waals surface area contributed by atoms with Crippen LogP contribution in [0.3, 0.4) is 0 Å². The van der Waals surface area contributed by atoms with Crippen molar-refractivity contribution in [3.63, 3.8) is 0 Å². The first kappa shape index (κ1) is 22.1. The Balaban J connectivity index is 1.53. The molecule has 1 aromatic heterocycles. The van der Waals surface area contributed by atoms with E-state index in [-0.39, 0.29) is 12.0 Å². The first-order valence-corrected chi connectivity index (χ1v) is 10.6. The summed E-state index contributed by atoms with van der Waals surface area (Å²) in [7, 11) is 0. The molecule has 4 rings (SSSR count). The Morgan fingerprint density at radius 1 is 1.03 bits per heavy atom. The Morgan fingerprint density at radius 2 is 1.76 bits per heavy atom. The van der Waals surface area contributed by atoms with Crippen LogP contribution in [0.5, 0.6) is 11.5 Å². The van der Waals surface area contributed by atoms with E-state index in [1.807, 2.05) is 60.3 Å². The smallest absolute Gasteiger partial charge is 0.311 e. The molecule has 168 valence electrons. The van der Waals surface area contributed by atoms with Crippen LogP contribution in [0.1, 0.15) is 35.7 Å². The Labute approximate surface area is 191 Å². The summed E-state index contributed by atoms with van der Waals surface area (Å²) in [5.41, 5.74) is 13.7. The SMILES string of the molecule is CC(N)n1ccc(Oc2ccc([C@H](Cc3ccc4ccc(C(=N)N)cc4c3)C(=O)O)cc2)c1. The lowest BCUT2D eigenvalue weighted by molar-refractivity contribution is -0.138. The molecule has 0 radical (unpaired) electrons. The molecular formula is C26H26N4O3.